The van der Waals surface area contributed by atoms with Crippen LogP contribution in [0.1, 0.15) is 25.7 Å². The quantitative estimate of drug-likeness (QED) is 0.621. The second-order valence-electron chi connectivity index (χ2n) is 4.05. The maximum atomic E-state index is 6.00. The third kappa shape index (κ3) is 1.26. The van der Waals surface area contributed by atoms with Crippen molar-refractivity contribution < 1.29 is 4.74 Å². The minimum absolute atomic E-state index is 0.477. The van der Waals surface area contributed by atoms with Crippen molar-refractivity contribution in [2.45, 2.75) is 37.8 Å². The Morgan fingerprint density at radius 2 is 2.33 bits per heavy atom. The molecule has 0 aromatic heterocycles. The molecule has 2 aliphatic rings. The van der Waals surface area contributed by atoms with E-state index in [4.69, 9.17) is 10.6 Å². The predicted octanol–water partition coefficient (Wildman–Crippen LogP) is 0.750. The van der Waals surface area contributed by atoms with Gasteiger partial charge in [-0.25, -0.2) is 5.01 Å². The van der Waals surface area contributed by atoms with Gasteiger partial charge in [0.05, 0.1) is 6.61 Å². The third-order valence-corrected chi connectivity index (χ3v) is 3.36. The Kier molecular flexibility index (Phi) is 2.35. The van der Waals surface area contributed by atoms with Crippen molar-refractivity contribution in [2.24, 2.45) is 11.8 Å². The number of hydrazine groups is 1. The lowest BCUT2D eigenvalue weighted by molar-refractivity contribution is 0.0957. The molecule has 3 heteroatoms. The summed E-state index contributed by atoms with van der Waals surface area (Å²) in [5, 5.41) is 2.04. The Morgan fingerprint density at radius 1 is 1.50 bits per heavy atom. The topological polar surface area (TPSA) is 38.5 Å². The molecule has 3 atom stereocenters. The van der Waals surface area contributed by atoms with Crippen LogP contribution in [0.5, 0.6) is 0 Å². The zero-order valence-electron chi connectivity index (χ0n) is 7.70. The van der Waals surface area contributed by atoms with E-state index in [1.54, 1.807) is 7.11 Å². The summed E-state index contributed by atoms with van der Waals surface area (Å²) in [5.74, 6) is 6.86. The molecule has 1 aliphatic heterocycles. The summed E-state index contributed by atoms with van der Waals surface area (Å²) in [7, 11) is 1.75. The molecule has 0 unspecified atom stereocenters. The number of ether oxygens (including phenoxy) is 1. The van der Waals surface area contributed by atoms with Crippen LogP contribution in [0.25, 0.3) is 0 Å². The van der Waals surface area contributed by atoms with Crippen LogP contribution in [0, 0.1) is 5.92 Å². The molecule has 0 spiro atoms. The summed E-state index contributed by atoms with van der Waals surface area (Å²) in [4.78, 5) is 0. The van der Waals surface area contributed by atoms with Gasteiger partial charge in [-0.15, -0.1) is 0 Å². The highest BCUT2D eigenvalue weighted by Crippen LogP contribution is 2.39. The van der Waals surface area contributed by atoms with Crippen molar-refractivity contribution in [1.82, 2.24) is 5.01 Å². The van der Waals surface area contributed by atoms with Gasteiger partial charge in [-0.1, -0.05) is 6.42 Å². The summed E-state index contributed by atoms with van der Waals surface area (Å²) < 4.78 is 5.14. The maximum absolute atomic E-state index is 6.00. The first-order valence-electron chi connectivity index (χ1n) is 4.85. The fraction of sp³-hybridized carbons (Fsp3) is 1.00. The normalized spacial score (nSPS) is 42.0. The molecule has 0 aromatic carbocycles. The summed E-state index contributed by atoms with van der Waals surface area (Å²) in [6.07, 6.45) is 5.28. The van der Waals surface area contributed by atoms with E-state index < -0.39 is 0 Å². The van der Waals surface area contributed by atoms with Crippen LogP contribution in [-0.4, -0.2) is 30.8 Å². The number of hydrogen-bond acceptors (Lipinski definition) is 3. The van der Waals surface area contributed by atoms with Crippen LogP contribution in [-0.2, 0) is 4.74 Å². The van der Waals surface area contributed by atoms with Crippen LogP contribution >= 0.6 is 0 Å². The highest BCUT2D eigenvalue weighted by molar-refractivity contribution is 4.94. The fourth-order valence-corrected chi connectivity index (χ4v) is 2.77. The zero-order chi connectivity index (χ0) is 8.55. The maximum Gasteiger partial charge on any atom is 0.0632 e. The molecule has 0 radical (unpaired) electrons. The molecule has 1 saturated carbocycles. The van der Waals surface area contributed by atoms with Gasteiger partial charge in [0, 0.05) is 19.2 Å². The molecule has 0 amide bonds. The van der Waals surface area contributed by atoms with Crippen LogP contribution < -0.4 is 5.84 Å². The Balaban J connectivity index is 1.96. The first-order valence-corrected chi connectivity index (χ1v) is 4.85. The lowest BCUT2D eigenvalue weighted by Gasteiger charge is -2.23. The minimum atomic E-state index is 0.477. The summed E-state index contributed by atoms with van der Waals surface area (Å²) >= 11 is 0. The molecular formula is C9H18N2O. The van der Waals surface area contributed by atoms with Crippen molar-refractivity contribution in [2.75, 3.05) is 13.7 Å². The van der Waals surface area contributed by atoms with Gasteiger partial charge < -0.3 is 4.74 Å². The molecule has 70 valence electrons. The minimum Gasteiger partial charge on any atom is -0.383 e. The molecule has 3 nitrogen and oxygen atoms in total. The van der Waals surface area contributed by atoms with Gasteiger partial charge in [0.1, 0.15) is 0 Å². The van der Waals surface area contributed by atoms with E-state index in [0.717, 1.165) is 12.5 Å². The van der Waals surface area contributed by atoms with E-state index >= 15 is 0 Å². The number of fused-ring (bicyclic) bond motifs is 1. The van der Waals surface area contributed by atoms with E-state index in [-0.39, 0.29) is 0 Å². The average molecular weight is 170 g/mol. The first kappa shape index (κ1) is 8.48. The summed E-state index contributed by atoms with van der Waals surface area (Å²) in [6, 6.07) is 1.13. The molecular weight excluding hydrogens is 152 g/mol. The van der Waals surface area contributed by atoms with Gasteiger partial charge >= 0.3 is 0 Å². The lowest BCUT2D eigenvalue weighted by Crippen LogP contribution is -2.43. The van der Waals surface area contributed by atoms with Gasteiger partial charge in [0.25, 0.3) is 0 Å². The number of nitrogens with zero attached hydrogens (tertiary/aromatic N) is 1. The largest absolute Gasteiger partial charge is 0.383 e. The van der Waals surface area contributed by atoms with Crippen molar-refractivity contribution in [1.29, 1.82) is 0 Å². The van der Waals surface area contributed by atoms with Crippen LogP contribution in [0.3, 0.4) is 0 Å². The third-order valence-electron chi connectivity index (χ3n) is 3.36. The van der Waals surface area contributed by atoms with Gasteiger partial charge in [-0.3, -0.25) is 5.84 Å². The van der Waals surface area contributed by atoms with Gasteiger partial charge in [-0.2, -0.15) is 0 Å². The predicted molar refractivity (Wildman–Crippen MR) is 47.4 cm³/mol. The number of rotatable bonds is 2. The second-order valence-corrected chi connectivity index (χ2v) is 4.05. The molecule has 12 heavy (non-hydrogen) atoms. The molecule has 1 heterocycles. The van der Waals surface area contributed by atoms with Crippen molar-refractivity contribution in [3.63, 3.8) is 0 Å². The standard InChI is InChI=1S/C9H18N2O/c1-12-6-8-5-7-3-2-4-9(7)11(8)10/h7-9H,2-6,10H2,1H3/t7-,8-,9-/m0/s1. The first-order chi connectivity index (χ1) is 5.83. The van der Waals surface area contributed by atoms with E-state index in [1.807, 2.05) is 5.01 Å². The molecule has 1 saturated heterocycles. The van der Waals surface area contributed by atoms with Crippen LogP contribution in [0.4, 0.5) is 0 Å². The average Bonchev–Trinajstić information content (AvgIpc) is 2.58. The Labute approximate surface area is 73.8 Å². The molecule has 0 bridgehead atoms. The van der Waals surface area contributed by atoms with E-state index in [1.165, 1.54) is 25.7 Å². The molecule has 0 aromatic rings. The Bertz CT molecular complexity index is 163. The second kappa shape index (κ2) is 3.32. The highest BCUT2D eigenvalue weighted by atomic mass is 16.5. The van der Waals surface area contributed by atoms with Gasteiger partial charge in [0.2, 0.25) is 0 Å². The number of hydrogen-bond donors (Lipinski definition) is 1. The van der Waals surface area contributed by atoms with E-state index in [9.17, 15) is 0 Å². The SMILES string of the molecule is COC[C@@H]1C[C@@H]2CCC[C@@H]2N1N. The van der Waals surface area contributed by atoms with Crippen molar-refractivity contribution >= 4 is 0 Å². The van der Waals surface area contributed by atoms with Gasteiger partial charge in [0.15, 0.2) is 0 Å². The lowest BCUT2D eigenvalue weighted by atomic mass is 10.0. The smallest absolute Gasteiger partial charge is 0.0632 e. The zero-order valence-corrected chi connectivity index (χ0v) is 7.70. The van der Waals surface area contributed by atoms with Gasteiger partial charge in [-0.05, 0) is 25.2 Å². The monoisotopic (exact) mass is 170 g/mol. The molecule has 2 rings (SSSR count). The van der Waals surface area contributed by atoms with Crippen molar-refractivity contribution in [3.8, 4) is 0 Å². The fourth-order valence-electron chi connectivity index (χ4n) is 2.77. The highest BCUT2D eigenvalue weighted by Gasteiger charge is 2.41. The van der Waals surface area contributed by atoms with Crippen LogP contribution in [0.15, 0.2) is 0 Å². The Hall–Kier alpha value is -0.120. The van der Waals surface area contributed by atoms with Crippen molar-refractivity contribution in [3.05, 3.63) is 0 Å². The van der Waals surface area contributed by atoms with E-state index in [2.05, 4.69) is 0 Å². The number of nitrogens with two attached hydrogens (primary N) is 1. The van der Waals surface area contributed by atoms with Crippen LogP contribution in [0.2, 0.25) is 0 Å². The Morgan fingerprint density at radius 3 is 3.00 bits per heavy atom. The molecule has 2 N–H and O–H groups in total. The number of methoxy groups -OCH3 is 1. The summed E-state index contributed by atoms with van der Waals surface area (Å²) in [6.45, 7) is 0.795. The van der Waals surface area contributed by atoms with E-state index in [0.29, 0.717) is 12.1 Å². The molecule has 1 aliphatic carbocycles. The molecule has 2 fully saturated rings. The summed E-state index contributed by atoms with van der Waals surface area (Å²) in [5.41, 5.74) is 0.